The van der Waals surface area contributed by atoms with Crippen LogP contribution >= 0.6 is 0 Å². The highest BCUT2D eigenvalue weighted by Crippen LogP contribution is 2.32. The standard InChI is InChI=1S/C16H12F2N4O3S/c17-11-4-5-12(18)14(7-11)26(23,24)22-8-10(9-22)16-20-15(21-25-16)13-3-1-2-6-19-13/h1-7,10H,8-9H2. The number of aromatic nitrogens is 3. The Bertz CT molecular complexity index is 1050. The van der Waals surface area contributed by atoms with Crippen LogP contribution in [0.1, 0.15) is 11.8 Å². The van der Waals surface area contributed by atoms with Crippen LogP contribution < -0.4 is 0 Å². The van der Waals surface area contributed by atoms with E-state index in [1.165, 1.54) is 0 Å². The Balaban J connectivity index is 1.50. The number of halogens is 2. The van der Waals surface area contributed by atoms with Crippen molar-refractivity contribution in [1.29, 1.82) is 0 Å². The summed E-state index contributed by atoms with van der Waals surface area (Å²) < 4.78 is 58.1. The van der Waals surface area contributed by atoms with Crippen LogP contribution in [-0.4, -0.2) is 40.9 Å². The largest absolute Gasteiger partial charge is 0.339 e. The molecular weight excluding hydrogens is 366 g/mol. The van der Waals surface area contributed by atoms with Crippen molar-refractivity contribution < 1.29 is 21.7 Å². The van der Waals surface area contributed by atoms with Crippen molar-refractivity contribution in [3.63, 3.8) is 0 Å². The zero-order valence-electron chi connectivity index (χ0n) is 13.2. The number of nitrogens with zero attached hydrogens (tertiary/aromatic N) is 4. The van der Waals surface area contributed by atoms with Crippen LogP contribution in [0.3, 0.4) is 0 Å². The Hall–Kier alpha value is -2.72. The maximum absolute atomic E-state index is 13.8. The maximum Gasteiger partial charge on any atom is 0.246 e. The van der Waals surface area contributed by atoms with Gasteiger partial charge in [-0.15, -0.1) is 0 Å². The summed E-state index contributed by atoms with van der Waals surface area (Å²) in [4.78, 5) is 7.65. The lowest BCUT2D eigenvalue weighted by Gasteiger charge is -2.35. The zero-order valence-corrected chi connectivity index (χ0v) is 14.0. The molecule has 0 spiro atoms. The van der Waals surface area contributed by atoms with Gasteiger partial charge in [0.25, 0.3) is 0 Å². The van der Waals surface area contributed by atoms with Crippen LogP contribution in [0.4, 0.5) is 8.78 Å². The lowest BCUT2D eigenvalue weighted by atomic mass is 10.0. The van der Waals surface area contributed by atoms with Crippen LogP contribution in [-0.2, 0) is 10.0 Å². The van der Waals surface area contributed by atoms with Crippen LogP contribution in [0.2, 0.25) is 0 Å². The molecule has 1 aliphatic heterocycles. The van der Waals surface area contributed by atoms with Crippen LogP contribution in [0.5, 0.6) is 0 Å². The third-order valence-electron chi connectivity index (χ3n) is 4.04. The molecule has 0 N–H and O–H groups in total. The fourth-order valence-electron chi connectivity index (χ4n) is 2.60. The van der Waals surface area contributed by atoms with Gasteiger partial charge in [0.2, 0.25) is 21.7 Å². The number of hydrogen-bond donors (Lipinski definition) is 0. The molecule has 7 nitrogen and oxygen atoms in total. The van der Waals surface area contributed by atoms with Crippen molar-refractivity contribution in [2.75, 3.05) is 13.1 Å². The van der Waals surface area contributed by atoms with Gasteiger partial charge >= 0.3 is 0 Å². The van der Waals surface area contributed by atoms with Gasteiger partial charge in [-0.3, -0.25) is 4.98 Å². The molecule has 1 saturated heterocycles. The molecule has 26 heavy (non-hydrogen) atoms. The highest BCUT2D eigenvalue weighted by molar-refractivity contribution is 7.89. The van der Waals surface area contributed by atoms with Gasteiger partial charge in [-0.25, -0.2) is 17.2 Å². The summed E-state index contributed by atoms with van der Waals surface area (Å²) in [5.74, 6) is -1.55. The first-order valence-corrected chi connectivity index (χ1v) is 9.09. The van der Waals surface area contributed by atoms with Gasteiger partial charge in [0, 0.05) is 19.3 Å². The molecular formula is C16H12F2N4O3S. The molecule has 134 valence electrons. The second-order valence-electron chi connectivity index (χ2n) is 5.76. The Labute approximate surface area is 147 Å². The van der Waals surface area contributed by atoms with Crippen LogP contribution in [0, 0.1) is 11.6 Å². The van der Waals surface area contributed by atoms with E-state index in [0.29, 0.717) is 17.6 Å². The average molecular weight is 378 g/mol. The fraction of sp³-hybridized carbons (Fsp3) is 0.188. The normalized spacial score (nSPS) is 15.8. The van der Waals surface area contributed by atoms with Crippen LogP contribution in [0.25, 0.3) is 11.5 Å². The van der Waals surface area contributed by atoms with Crippen molar-refractivity contribution >= 4 is 10.0 Å². The van der Waals surface area contributed by atoms with E-state index in [0.717, 1.165) is 16.4 Å². The van der Waals surface area contributed by atoms with Crippen LogP contribution in [0.15, 0.2) is 52.0 Å². The molecule has 1 aromatic carbocycles. The van der Waals surface area contributed by atoms with Crippen molar-refractivity contribution in [2.45, 2.75) is 10.8 Å². The fourth-order valence-corrected chi connectivity index (χ4v) is 4.21. The van der Waals surface area contributed by atoms with Crippen molar-refractivity contribution in [3.05, 3.63) is 60.1 Å². The second-order valence-corrected chi connectivity index (χ2v) is 7.67. The van der Waals surface area contributed by atoms with E-state index in [-0.39, 0.29) is 24.9 Å². The van der Waals surface area contributed by atoms with Gasteiger partial charge in [0.15, 0.2) is 0 Å². The summed E-state index contributed by atoms with van der Waals surface area (Å²) in [6, 6.07) is 7.58. The molecule has 2 aromatic heterocycles. The van der Waals surface area contributed by atoms with Gasteiger partial charge in [0.1, 0.15) is 22.2 Å². The molecule has 1 fully saturated rings. The van der Waals surface area contributed by atoms with E-state index in [2.05, 4.69) is 15.1 Å². The minimum atomic E-state index is -4.13. The van der Waals surface area contributed by atoms with Gasteiger partial charge in [0.05, 0.1) is 5.92 Å². The minimum absolute atomic E-state index is 0.0438. The molecule has 0 aliphatic carbocycles. The SMILES string of the molecule is O=S(=O)(c1cc(F)ccc1F)N1CC(c2nc(-c3ccccn3)no2)C1. The molecule has 1 aliphatic rings. The van der Waals surface area contributed by atoms with Gasteiger partial charge in [-0.05, 0) is 30.3 Å². The summed E-state index contributed by atoms with van der Waals surface area (Å²) >= 11 is 0. The average Bonchev–Trinajstić information content (AvgIpc) is 3.06. The predicted octanol–water partition coefficient (Wildman–Crippen LogP) is 2.20. The zero-order chi connectivity index (χ0) is 18.3. The molecule has 0 unspecified atom stereocenters. The van der Waals surface area contributed by atoms with E-state index >= 15 is 0 Å². The van der Waals surface area contributed by atoms with Crippen molar-refractivity contribution in [3.8, 4) is 11.5 Å². The lowest BCUT2D eigenvalue weighted by Crippen LogP contribution is -2.48. The Morgan fingerprint density at radius 3 is 2.69 bits per heavy atom. The monoisotopic (exact) mass is 378 g/mol. The molecule has 3 aromatic rings. The highest BCUT2D eigenvalue weighted by atomic mass is 32.2. The van der Waals surface area contributed by atoms with E-state index in [9.17, 15) is 17.2 Å². The smallest absolute Gasteiger partial charge is 0.246 e. The van der Waals surface area contributed by atoms with E-state index in [1.54, 1.807) is 24.4 Å². The third kappa shape index (κ3) is 2.86. The summed E-state index contributed by atoms with van der Waals surface area (Å²) in [6.07, 6.45) is 1.59. The van der Waals surface area contributed by atoms with E-state index in [4.69, 9.17) is 4.52 Å². The first-order valence-electron chi connectivity index (χ1n) is 7.65. The first kappa shape index (κ1) is 16.7. The number of sulfonamides is 1. The van der Waals surface area contributed by atoms with Crippen molar-refractivity contribution in [1.82, 2.24) is 19.4 Å². The summed E-state index contributed by atoms with van der Waals surface area (Å²) in [6.45, 7) is 0.0876. The van der Waals surface area contributed by atoms with E-state index in [1.807, 2.05) is 0 Å². The molecule has 0 bridgehead atoms. The molecule has 4 rings (SSSR count). The van der Waals surface area contributed by atoms with Gasteiger partial charge < -0.3 is 4.52 Å². The Morgan fingerprint density at radius 1 is 1.15 bits per heavy atom. The van der Waals surface area contributed by atoms with Gasteiger partial charge in [-0.1, -0.05) is 11.2 Å². The topological polar surface area (TPSA) is 89.2 Å². The molecule has 0 radical (unpaired) electrons. The molecule has 3 heterocycles. The maximum atomic E-state index is 13.8. The number of benzene rings is 1. The molecule has 0 atom stereocenters. The number of rotatable bonds is 4. The summed E-state index contributed by atoms with van der Waals surface area (Å²) in [5.41, 5.74) is 0.535. The summed E-state index contributed by atoms with van der Waals surface area (Å²) in [5, 5.41) is 3.83. The molecule has 10 heteroatoms. The third-order valence-corrected chi connectivity index (χ3v) is 5.89. The lowest BCUT2D eigenvalue weighted by molar-refractivity contribution is 0.216. The van der Waals surface area contributed by atoms with E-state index < -0.39 is 26.6 Å². The van der Waals surface area contributed by atoms with Gasteiger partial charge in [-0.2, -0.15) is 9.29 Å². The quantitative estimate of drug-likeness (QED) is 0.691. The highest BCUT2D eigenvalue weighted by Gasteiger charge is 2.41. The minimum Gasteiger partial charge on any atom is -0.339 e. The Morgan fingerprint density at radius 2 is 1.96 bits per heavy atom. The molecule has 0 amide bonds. The number of pyridine rings is 1. The first-order chi connectivity index (χ1) is 12.4. The number of hydrogen-bond acceptors (Lipinski definition) is 6. The summed E-state index contributed by atoms with van der Waals surface area (Å²) in [7, 11) is -4.13. The predicted molar refractivity (Wildman–Crippen MR) is 85.4 cm³/mol. The van der Waals surface area contributed by atoms with Crippen molar-refractivity contribution in [2.24, 2.45) is 0 Å². The molecule has 0 saturated carbocycles. The second kappa shape index (κ2) is 6.22. The Kier molecular flexibility index (Phi) is 4.00.